The van der Waals surface area contributed by atoms with Crippen LogP contribution < -0.4 is 5.73 Å². The fourth-order valence-electron chi connectivity index (χ4n) is 2.38. The Morgan fingerprint density at radius 1 is 1.50 bits per heavy atom. The van der Waals surface area contributed by atoms with Gasteiger partial charge in [0, 0.05) is 11.6 Å². The lowest BCUT2D eigenvalue weighted by atomic mass is 9.94. The van der Waals surface area contributed by atoms with E-state index in [0.29, 0.717) is 27.8 Å². The summed E-state index contributed by atoms with van der Waals surface area (Å²) in [6, 6.07) is 1.67. The molecule has 1 fully saturated rings. The Balaban J connectivity index is 2.36. The number of nitrogens with two attached hydrogens (primary N) is 1. The third-order valence-electron chi connectivity index (χ3n) is 3.33. The number of nitrogen functional groups attached to an aromatic ring is 1. The average Bonchev–Trinajstić information content (AvgIpc) is 2.97. The van der Waals surface area contributed by atoms with E-state index in [-0.39, 0.29) is 0 Å². The summed E-state index contributed by atoms with van der Waals surface area (Å²) in [6.07, 6.45) is 2.22. The van der Waals surface area contributed by atoms with Crippen molar-refractivity contribution in [2.45, 2.75) is 38.2 Å². The molecule has 1 aliphatic carbocycles. The lowest BCUT2D eigenvalue weighted by Crippen LogP contribution is -2.18. The minimum Gasteiger partial charge on any atom is -0.398 e. The average molecular weight is 267 g/mol. The third-order valence-corrected chi connectivity index (χ3v) is 3.63. The Morgan fingerprint density at radius 3 is 2.72 bits per heavy atom. The van der Waals surface area contributed by atoms with Gasteiger partial charge in [-0.1, -0.05) is 16.8 Å². The molecule has 5 heteroatoms. The fraction of sp³-hybridized carbons (Fsp3) is 0.462. The largest absolute Gasteiger partial charge is 0.398 e. The van der Waals surface area contributed by atoms with Crippen LogP contribution in [0, 0.1) is 0 Å². The van der Waals surface area contributed by atoms with E-state index in [4.69, 9.17) is 21.9 Å². The molecule has 0 atom stereocenters. The van der Waals surface area contributed by atoms with Gasteiger partial charge in [0.05, 0.1) is 27.3 Å². The lowest BCUT2D eigenvalue weighted by Gasteiger charge is -2.20. The van der Waals surface area contributed by atoms with Crippen LogP contribution in [0.25, 0.3) is 11.0 Å². The number of nitrogens with zero attached hydrogens (tertiary/aromatic N) is 1. The van der Waals surface area contributed by atoms with Gasteiger partial charge >= 0.3 is 0 Å². The molecule has 0 saturated heterocycles. The van der Waals surface area contributed by atoms with Crippen LogP contribution in [-0.4, -0.2) is 10.3 Å². The highest BCUT2D eigenvalue weighted by molar-refractivity contribution is 6.36. The molecular weight excluding hydrogens is 252 g/mol. The standard InChI is InChI=1S/C13H15ClN2O2/c1-13(2,17)10-8(15)5-7(14)9-11(6-3-4-6)16-18-12(9)10/h5-6,17H,3-4,15H2,1-2H3. The van der Waals surface area contributed by atoms with Crippen molar-refractivity contribution in [3.63, 3.8) is 0 Å². The molecule has 1 saturated carbocycles. The van der Waals surface area contributed by atoms with Crippen LogP contribution in [0.1, 0.15) is 43.9 Å². The number of aliphatic hydroxyl groups is 1. The van der Waals surface area contributed by atoms with Crippen LogP contribution in [-0.2, 0) is 5.60 Å². The summed E-state index contributed by atoms with van der Waals surface area (Å²) in [5.74, 6) is 0.432. The summed E-state index contributed by atoms with van der Waals surface area (Å²) >= 11 is 6.24. The maximum Gasteiger partial charge on any atom is 0.176 e. The molecule has 0 bridgehead atoms. The Labute approximate surface area is 110 Å². The van der Waals surface area contributed by atoms with Gasteiger partial charge < -0.3 is 15.4 Å². The molecule has 0 spiro atoms. The summed E-state index contributed by atoms with van der Waals surface area (Å²) in [5.41, 5.74) is 7.24. The van der Waals surface area contributed by atoms with E-state index in [0.717, 1.165) is 23.9 Å². The minimum atomic E-state index is -1.09. The number of aromatic nitrogens is 1. The summed E-state index contributed by atoms with van der Waals surface area (Å²) in [5, 5.41) is 15.7. The minimum absolute atomic E-state index is 0.429. The number of rotatable bonds is 2. The normalized spacial score (nSPS) is 16.4. The predicted molar refractivity (Wildman–Crippen MR) is 70.7 cm³/mol. The molecule has 1 aliphatic rings. The molecule has 0 aliphatic heterocycles. The van der Waals surface area contributed by atoms with Gasteiger partial charge in [0.2, 0.25) is 0 Å². The molecular formula is C13H15ClN2O2. The van der Waals surface area contributed by atoms with Crippen molar-refractivity contribution in [2.24, 2.45) is 0 Å². The summed E-state index contributed by atoms with van der Waals surface area (Å²) in [4.78, 5) is 0. The summed E-state index contributed by atoms with van der Waals surface area (Å²) in [7, 11) is 0. The highest BCUT2D eigenvalue weighted by Gasteiger charge is 2.33. The number of hydrogen-bond donors (Lipinski definition) is 2. The Kier molecular flexibility index (Phi) is 2.37. The fourth-order valence-corrected chi connectivity index (χ4v) is 2.68. The van der Waals surface area contributed by atoms with Gasteiger partial charge in [0.1, 0.15) is 0 Å². The number of anilines is 1. The van der Waals surface area contributed by atoms with Gasteiger partial charge in [-0.2, -0.15) is 0 Å². The number of benzene rings is 1. The number of fused-ring (bicyclic) bond motifs is 1. The number of hydrogen-bond acceptors (Lipinski definition) is 4. The topological polar surface area (TPSA) is 72.3 Å². The van der Waals surface area contributed by atoms with Crippen molar-refractivity contribution in [1.82, 2.24) is 5.16 Å². The predicted octanol–water partition coefficient (Wildman–Crippen LogP) is 3.17. The van der Waals surface area contributed by atoms with E-state index < -0.39 is 5.60 Å². The maximum absolute atomic E-state index is 10.2. The van der Waals surface area contributed by atoms with Gasteiger partial charge in [-0.25, -0.2) is 0 Å². The molecule has 0 radical (unpaired) electrons. The molecule has 1 aromatic heterocycles. The third kappa shape index (κ3) is 1.68. The van der Waals surface area contributed by atoms with Crippen LogP contribution >= 0.6 is 11.6 Å². The maximum atomic E-state index is 10.2. The van der Waals surface area contributed by atoms with Crippen LogP contribution in [0.5, 0.6) is 0 Å². The molecule has 0 unspecified atom stereocenters. The SMILES string of the molecule is CC(C)(O)c1c(N)cc(Cl)c2c(C3CC3)noc12. The highest BCUT2D eigenvalue weighted by Crippen LogP contribution is 2.47. The van der Waals surface area contributed by atoms with E-state index in [1.807, 2.05) is 0 Å². The second kappa shape index (κ2) is 3.62. The van der Waals surface area contributed by atoms with Crippen molar-refractivity contribution in [3.8, 4) is 0 Å². The van der Waals surface area contributed by atoms with E-state index in [9.17, 15) is 5.11 Å². The second-order valence-electron chi connectivity index (χ2n) is 5.43. The zero-order valence-corrected chi connectivity index (χ0v) is 11.1. The van der Waals surface area contributed by atoms with E-state index in [1.54, 1.807) is 19.9 Å². The van der Waals surface area contributed by atoms with Crippen LogP contribution in [0.3, 0.4) is 0 Å². The van der Waals surface area contributed by atoms with Crippen LogP contribution in [0.2, 0.25) is 5.02 Å². The molecule has 96 valence electrons. The first-order chi connectivity index (χ1) is 8.39. The quantitative estimate of drug-likeness (QED) is 0.819. The lowest BCUT2D eigenvalue weighted by molar-refractivity contribution is 0.0796. The summed E-state index contributed by atoms with van der Waals surface area (Å²) < 4.78 is 5.40. The Bertz CT molecular complexity index is 624. The molecule has 3 N–H and O–H groups in total. The molecule has 0 amide bonds. The van der Waals surface area contributed by atoms with Gasteiger partial charge in [0.15, 0.2) is 5.58 Å². The smallest absolute Gasteiger partial charge is 0.176 e. The zero-order chi connectivity index (χ0) is 13.1. The van der Waals surface area contributed by atoms with E-state index >= 15 is 0 Å². The van der Waals surface area contributed by atoms with Crippen molar-refractivity contribution >= 4 is 28.3 Å². The Morgan fingerprint density at radius 2 is 2.17 bits per heavy atom. The highest BCUT2D eigenvalue weighted by atomic mass is 35.5. The first kappa shape index (κ1) is 11.8. The van der Waals surface area contributed by atoms with Crippen molar-refractivity contribution < 1.29 is 9.63 Å². The van der Waals surface area contributed by atoms with Gasteiger partial charge in [-0.3, -0.25) is 0 Å². The molecule has 1 aromatic carbocycles. The van der Waals surface area contributed by atoms with Crippen molar-refractivity contribution in [3.05, 3.63) is 22.3 Å². The van der Waals surface area contributed by atoms with Gasteiger partial charge in [-0.05, 0) is 32.8 Å². The van der Waals surface area contributed by atoms with Crippen LogP contribution in [0.4, 0.5) is 5.69 Å². The van der Waals surface area contributed by atoms with E-state index in [1.165, 1.54) is 0 Å². The molecule has 2 aromatic rings. The number of halogens is 1. The van der Waals surface area contributed by atoms with Crippen molar-refractivity contribution in [2.75, 3.05) is 5.73 Å². The molecule has 18 heavy (non-hydrogen) atoms. The zero-order valence-electron chi connectivity index (χ0n) is 10.3. The van der Waals surface area contributed by atoms with Gasteiger partial charge in [0.25, 0.3) is 0 Å². The first-order valence-electron chi connectivity index (χ1n) is 5.99. The van der Waals surface area contributed by atoms with Crippen molar-refractivity contribution in [1.29, 1.82) is 0 Å². The van der Waals surface area contributed by atoms with E-state index in [2.05, 4.69) is 5.16 Å². The van der Waals surface area contributed by atoms with Crippen LogP contribution in [0.15, 0.2) is 10.6 Å². The first-order valence-corrected chi connectivity index (χ1v) is 6.37. The molecule has 4 nitrogen and oxygen atoms in total. The second-order valence-corrected chi connectivity index (χ2v) is 5.84. The molecule has 3 rings (SSSR count). The Hall–Kier alpha value is -1.26. The monoisotopic (exact) mass is 266 g/mol. The van der Waals surface area contributed by atoms with Gasteiger partial charge in [-0.15, -0.1) is 0 Å². The summed E-state index contributed by atoms with van der Waals surface area (Å²) in [6.45, 7) is 3.34. The molecule has 1 heterocycles.